The van der Waals surface area contributed by atoms with E-state index in [0.717, 1.165) is 11.1 Å². The number of hydrogen-bond acceptors (Lipinski definition) is 3. The number of nitrogens with zero attached hydrogens (tertiary/aromatic N) is 1. The second-order valence-corrected chi connectivity index (χ2v) is 5.17. The van der Waals surface area contributed by atoms with Crippen molar-refractivity contribution in [1.82, 2.24) is 4.40 Å². The highest BCUT2D eigenvalue weighted by Gasteiger charge is 2.22. The molecule has 0 fully saturated rings. The van der Waals surface area contributed by atoms with Crippen molar-refractivity contribution in [3.63, 3.8) is 0 Å². The first-order valence-electron chi connectivity index (χ1n) is 7.06. The van der Waals surface area contributed by atoms with Crippen LogP contribution in [0.3, 0.4) is 0 Å². The molecule has 3 rings (SSSR count). The zero-order chi connectivity index (χ0) is 16.6. The van der Waals surface area contributed by atoms with E-state index in [9.17, 15) is 9.59 Å². The highest BCUT2D eigenvalue weighted by Crippen LogP contribution is 2.31. The second-order valence-electron chi connectivity index (χ2n) is 5.17. The van der Waals surface area contributed by atoms with Gasteiger partial charge in [-0.1, -0.05) is 18.2 Å². The number of aromatic carboxylic acids is 1. The lowest BCUT2D eigenvalue weighted by Crippen LogP contribution is -2.07. The highest BCUT2D eigenvalue weighted by atomic mass is 16.5. The van der Waals surface area contributed by atoms with E-state index in [1.54, 1.807) is 11.5 Å². The smallest absolute Gasteiger partial charge is 0.335 e. The standard InChI is InChI=1S/C18H15NO4/c1-11-15(19-10-4-3-5-14(19)17(11)23-2)16(20)12-6-8-13(9-7-12)18(21)22/h3-10H,1-2H3,(H,21,22). The van der Waals surface area contributed by atoms with Crippen molar-refractivity contribution < 1.29 is 19.4 Å². The van der Waals surface area contributed by atoms with Crippen LogP contribution in [0.5, 0.6) is 5.75 Å². The summed E-state index contributed by atoms with van der Waals surface area (Å²) in [6.07, 6.45) is 1.81. The minimum Gasteiger partial charge on any atom is -0.494 e. The molecule has 0 saturated carbocycles. The summed E-state index contributed by atoms with van der Waals surface area (Å²) in [7, 11) is 1.57. The topological polar surface area (TPSA) is 68.0 Å². The molecule has 0 aliphatic carbocycles. The van der Waals surface area contributed by atoms with Gasteiger partial charge >= 0.3 is 5.97 Å². The fraction of sp³-hybridized carbons (Fsp3) is 0.111. The molecular weight excluding hydrogens is 294 g/mol. The van der Waals surface area contributed by atoms with Crippen molar-refractivity contribution in [3.05, 3.63) is 71.0 Å². The van der Waals surface area contributed by atoms with Crippen LogP contribution in [0.15, 0.2) is 48.7 Å². The Kier molecular flexibility index (Phi) is 3.62. The number of ether oxygens (including phenoxy) is 1. The highest BCUT2D eigenvalue weighted by molar-refractivity contribution is 6.10. The predicted molar refractivity (Wildman–Crippen MR) is 85.5 cm³/mol. The maximum Gasteiger partial charge on any atom is 0.335 e. The van der Waals surface area contributed by atoms with Gasteiger partial charge in [-0.15, -0.1) is 0 Å². The van der Waals surface area contributed by atoms with Gasteiger partial charge in [0.05, 0.1) is 18.2 Å². The van der Waals surface area contributed by atoms with Gasteiger partial charge in [-0.2, -0.15) is 0 Å². The summed E-state index contributed by atoms with van der Waals surface area (Å²) < 4.78 is 7.22. The molecule has 2 heterocycles. The Morgan fingerprint density at radius 2 is 1.70 bits per heavy atom. The molecule has 3 aromatic rings. The van der Waals surface area contributed by atoms with Crippen LogP contribution in [0.25, 0.3) is 5.52 Å². The van der Waals surface area contributed by atoms with Crippen molar-refractivity contribution in [3.8, 4) is 5.75 Å². The molecule has 0 saturated heterocycles. The lowest BCUT2D eigenvalue weighted by atomic mass is 10.0. The monoisotopic (exact) mass is 309 g/mol. The van der Waals surface area contributed by atoms with Crippen molar-refractivity contribution >= 4 is 17.3 Å². The van der Waals surface area contributed by atoms with Crippen molar-refractivity contribution in [1.29, 1.82) is 0 Å². The van der Waals surface area contributed by atoms with Crippen molar-refractivity contribution in [2.24, 2.45) is 0 Å². The molecule has 0 bridgehead atoms. The SMILES string of the molecule is COc1c(C)c(C(=O)c2ccc(C(=O)O)cc2)n2ccccc12. The number of hydrogen-bond donors (Lipinski definition) is 1. The van der Waals surface area contributed by atoms with E-state index in [2.05, 4.69) is 0 Å². The number of rotatable bonds is 4. The first-order chi connectivity index (χ1) is 11.0. The molecule has 0 aliphatic heterocycles. The van der Waals surface area contributed by atoms with Gasteiger partial charge in [-0.3, -0.25) is 4.79 Å². The number of aromatic nitrogens is 1. The first-order valence-corrected chi connectivity index (χ1v) is 7.06. The first kappa shape index (κ1) is 14.8. The van der Waals surface area contributed by atoms with E-state index in [1.807, 2.05) is 31.3 Å². The Hall–Kier alpha value is -3.08. The second kappa shape index (κ2) is 5.61. The average molecular weight is 309 g/mol. The quantitative estimate of drug-likeness (QED) is 0.752. The van der Waals surface area contributed by atoms with Crippen LogP contribution >= 0.6 is 0 Å². The Bertz CT molecular complexity index is 907. The molecular formula is C18H15NO4. The third-order valence-corrected chi connectivity index (χ3v) is 3.84. The van der Waals surface area contributed by atoms with E-state index in [1.165, 1.54) is 24.3 Å². The van der Waals surface area contributed by atoms with Gasteiger partial charge in [0.1, 0.15) is 11.4 Å². The van der Waals surface area contributed by atoms with Crippen LogP contribution < -0.4 is 4.74 Å². The Morgan fingerprint density at radius 1 is 1.04 bits per heavy atom. The van der Waals surface area contributed by atoms with Gasteiger partial charge < -0.3 is 14.2 Å². The zero-order valence-electron chi connectivity index (χ0n) is 12.7. The van der Waals surface area contributed by atoms with Crippen LogP contribution in [0.2, 0.25) is 0 Å². The number of benzene rings is 1. The zero-order valence-corrected chi connectivity index (χ0v) is 12.7. The largest absolute Gasteiger partial charge is 0.494 e. The minimum absolute atomic E-state index is 0.149. The number of pyridine rings is 1. The van der Waals surface area contributed by atoms with E-state index >= 15 is 0 Å². The minimum atomic E-state index is -1.02. The number of carbonyl (C=O) groups excluding carboxylic acids is 1. The van der Waals surface area contributed by atoms with Gasteiger partial charge in [0.25, 0.3) is 0 Å². The predicted octanol–water partition coefficient (Wildman–Crippen LogP) is 3.19. The summed E-state index contributed by atoms with van der Waals surface area (Å²) in [6.45, 7) is 1.84. The summed E-state index contributed by atoms with van der Waals surface area (Å²) in [5, 5.41) is 8.95. The third-order valence-electron chi connectivity index (χ3n) is 3.84. The summed E-state index contributed by atoms with van der Waals surface area (Å²) in [6, 6.07) is 11.5. The number of fused-ring (bicyclic) bond motifs is 1. The lowest BCUT2D eigenvalue weighted by Gasteiger charge is -2.04. The molecule has 0 unspecified atom stereocenters. The summed E-state index contributed by atoms with van der Waals surface area (Å²) in [5.74, 6) is -0.532. The molecule has 1 aromatic carbocycles. The van der Waals surface area contributed by atoms with Gasteiger partial charge in [0.15, 0.2) is 0 Å². The molecule has 5 nitrogen and oxygen atoms in total. The number of ketones is 1. The van der Waals surface area contributed by atoms with E-state index in [0.29, 0.717) is 17.0 Å². The fourth-order valence-electron chi connectivity index (χ4n) is 2.74. The van der Waals surface area contributed by atoms with Gasteiger partial charge in [-0.05, 0) is 31.2 Å². The Balaban J connectivity index is 2.14. The van der Waals surface area contributed by atoms with E-state index in [4.69, 9.17) is 9.84 Å². The molecule has 5 heteroatoms. The molecule has 0 atom stereocenters. The van der Waals surface area contributed by atoms with E-state index < -0.39 is 5.97 Å². The van der Waals surface area contributed by atoms with Gasteiger partial charge in [-0.25, -0.2) is 4.79 Å². The third kappa shape index (κ3) is 2.36. The molecule has 23 heavy (non-hydrogen) atoms. The number of carboxylic acid groups (broad SMARTS) is 1. The molecule has 0 radical (unpaired) electrons. The van der Waals surface area contributed by atoms with Gasteiger partial charge in [0, 0.05) is 17.3 Å². The van der Waals surface area contributed by atoms with E-state index in [-0.39, 0.29) is 11.3 Å². The molecule has 2 aromatic heterocycles. The molecule has 1 N–H and O–H groups in total. The maximum absolute atomic E-state index is 12.9. The molecule has 0 aliphatic rings. The normalized spacial score (nSPS) is 10.7. The van der Waals surface area contributed by atoms with Crippen LogP contribution in [-0.2, 0) is 0 Å². The average Bonchev–Trinajstić information content (AvgIpc) is 2.85. The van der Waals surface area contributed by atoms with Crippen LogP contribution in [0.1, 0.15) is 32.0 Å². The summed E-state index contributed by atoms with van der Waals surface area (Å²) in [4.78, 5) is 23.8. The Labute approximate surface area is 132 Å². The molecule has 116 valence electrons. The Morgan fingerprint density at radius 3 is 2.30 bits per heavy atom. The molecule has 0 spiro atoms. The maximum atomic E-state index is 12.9. The van der Waals surface area contributed by atoms with Crippen molar-refractivity contribution in [2.75, 3.05) is 7.11 Å². The van der Waals surface area contributed by atoms with Crippen molar-refractivity contribution in [2.45, 2.75) is 6.92 Å². The number of carbonyl (C=O) groups is 2. The van der Waals surface area contributed by atoms with Crippen LogP contribution in [0.4, 0.5) is 0 Å². The lowest BCUT2D eigenvalue weighted by molar-refractivity contribution is 0.0696. The van der Waals surface area contributed by atoms with Crippen LogP contribution in [-0.4, -0.2) is 28.4 Å². The fourth-order valence-corrected chi connectivity index (χ4v) is 2.74. The summed E-state index contributed by atoms with van der Waals surface area (Å²) in [5.41, 5.74) is 2.67. The summed E-state index contributed by atoms with van der Waals surface area (Å²) >= 11 is 0. The number of carboxylic acids is 1. The number of methoxy groups -OCH3 is 1. The molecule has 0 amide bonds. The van der Waals surface area contributed by atoms with Crippen LogP contribution in [0, 0.1) is 6.92 Å². The van der Waals surface area contributed by atoms with Gasteiger partial charge in [0.2, 0.25) is 5.78 Å².